The van der Waals surface area contributed by atoms with Crippen molar-refractivity contribution in [2.45, 2.75) is 37.6 Å². The van der Waals surface area contributed by atoms with Crippen molar-refractivity contribution in [3.63, 3.8) is 0 Å². The second-order valence-electron chi connectivity index (χ2n) is 11.1. The van der Waals surface area contributed by atoms with E-state index in [0.717, 1.165) is 87.2 Å². The highest BCUT2D eigenvalue weighted by molar-refractivity contribution is 5.61. The standard InChI is InChI=1S/C33H40FN3O4/c1-38-17-2-15-36-16-18-39-32-12-3-24(19-31(32)36)23-40-33-20-35-14-13-30(33)25-4-10-28(11-5-25)41-29-21-37(22-29)27-8-6-26(34)7-9-27/h3-12,19,29-30,33,35H,2,13-18,20-23H2,1H3/t30-,33+/m1/s1. The van der Waals surface area contributed by atoms with Gasteiger partial charge in [-0.25, -0.2) is 4.39 Å². The zero-order valence-corrected chi connectivity index (χ0v) is 23.8. The Bertz CT molecular complexity index is 1270. The van der Waals surface area contributed by atoms with E-state index in [2.05, 4.69) is 57.6 Å². The van der Waals surface area contributed by atoms with E-state index in [0.29, 0.717) is 19.1 Å². The highest BCUT2D eigenvalue weighted by atomic mass is 19.1. The first kappa shape index (κ1) is 27.8. The van der Waals surface area contributed by atoms with Crippen LogP contribution in [-0.4, -0.2) is 71.8 Å². The van der Waals surface area contributed by atoms with Crippen LogP contribution < -0.4 is 24.6 Å². The molecule has 0 spiro atoms. The summed E-state index contributed by atoms with van der Waals surface area (Å²) in [6.45, 7) is 7.31. The Morgan fingerprint density at radius 1 is 1.02 bits per heavy atom. The Kier molecular flexibility index (Phi) is 8.89. The average Bonchev–Trinajstić information content (AvgIpc) is 2.99. The van der Waals surface area contributed by atoms with Crippen molar-refractivity contribution in [1.29, 1.82) is 0 Å². The molecule has 0 saturated carbocycles. The maximum Gasteiger partial charge on any atom is 0.142 e. The number of benzene rings is 3. The minimum Gasteiger partial charge on any atom is -0.490 e. The SMILES string of the molecule is COCCCN1CCOc2ccc(CO[C@H]3CNCC[C@@H]3c3ccc(OC4CN(c5ccc(F)cc5)C4)cc3)cc21. The number of hydrogen-bond acceptors (Lipinski definition) is 7. The van der Waals surface area contributed by atoms with Crippen LogP contribution in [0.5, 0.6) is 11.5 Å². The van der Waals surface area contributed by atoms with E-state index in [9.17, 15) is 4.39 Å². The lowest BCUT2D eigenvalue weighted by Gasteiger charge is -2.40. The number of piperidine rings is 1. The molecule has 3 aliphatic heterocycles. The zero-order chi connectivity index (χ0) is 28.0. The highest BCUT2D eigenvalue weighted by Crippen LogP contribution is 2.34. The maximum absolute atomic E-state index is 13.2. The first-order chi connectivity index (χ1) is 20.2. The van der Waals surface area contributed by atoms with E-state index in [1.807, 2.05) is 12.1 Å². The molecule has 1 N–H and O–H groups in total. The number of fused-ring (bicyclic) bond motifs is 1. The summed E-state index contributed by atoms with van der Waals surface area (Å²) in [5, 5.41) is 3.51. The first-order valence-electron chi connectivity index (χ1n) is 14.8. The Labute approximate surface area is 242 Å². The molecule has 2 atom stereocenters. The Balaban J connectivity index is 1.03. The molecule has 218 valence electrons. The van der Waals surface area contributed by atoms with E-state index in [1.165, 1.54) is 17.7 Å². The molecule has 3 aromatic carbocycles. The molecule has 2 fully saturated rings. The third kappa shape index (κ3) is 6.77. The van der Waals surface area contributed by atoms with Crippen molar-refractivity contribution in [2.24, 2.45) is 0 Å². The fourth-order valence-corrected chi connectivity index (χ4v) is 5.99. The van der Waals surface area contributed by atoms with Gasteiger partial charge < -0.3 is 34.1 Å². The Morgan fingerprint density at radius 2 is 1.85 bits per heavy atom. The van der Waals surface area contributed by atoms with Crippen LogP contribution in [0.4, 0.5) is 15.8 Å². The smallest absolute Gasteiger partial charge is 0.142 e. The highest BCUT2D eigenvalue weighted by Gasteiger charge is 2.30. The van der Waals surface area contributed by atoms with Crippen molar-refractivity contribution < 1.29 is 23.3 Å². The van der Waals surface area contributed by atoms with Gasteiger partial charge in [0.2, 0.25) is 0 Å². The summed E-state index contributed by atoms with van der Waals surface area (Å²) in [4.78, 5) is 4.59. The molecule has 0 aliphatic carbocycles. The van der Waals surface area contributed by atoms with Gasteiger partial charge in [-0.15, -0.1) is 0 Å². The molecular weight excluding hydrogens is 521 g/mol. The van der Waals surface area contributed by atoms with Crippen molar-refractivity contribution >= 4 is 11.4 Å². The zero-order valence-electron chi connectivity index (χ0n) is 23.8. The fraction of sp³-hybridized carbons (Fsp3) is 0.455. The van der Waals surface area contributed by atoms with Crippen LogP contribution in [0.25, 0.3) is 0 Å². The van der Waals surface area contributed by atoms with E-state index >= 15 is 0 Å². The first-order valence-corrected chi connectivity index (χ1v) is 14.8. The van der Waals surface area contributed by atoms with Gasteiger partial charge in [-0.2, -0.15) is 0 Å². The summed E-state index contributed by atoms with van der Waals surface area (Å²) in [5.41, 5.74) is 4.62. The van der Waals surface area contributed by atoms with E-state index in [4.69, 9.17) is 18.9 Å². The van der Waals surface area contributed by atoms with Gasteiger partial charge in [0.1, 0.15) is 30.0 Å². The van der Waals surface area contributed by atoms with Crippen LogP contribution in [0.3, 0.4) is 0 Å². The number of nitrogens with one attached hydrogen (secondary N) is 1. The number of rotatable bonds is 11. The summed E-state index contributed by atoms with van der Waals surface area (Å²) in [7, 11) is 1.75. The minimum absolute atomic E-state index is 0.0940. The summed E-state index contributed by atoms with van der Waals surface area (Å²) in [6, 6.07) is 21.6. The molecule has 0 amide bonds. The maximum atomic E-state index is 13.2. The third-order valence-electron chi connectivity index (χ3n) is 8.30. The molecular formula is C33H40FN3O4. The van der Waals surface area contributed by atoms with Gasteiger partial charge in [-0.1, -0.05) is 18.2 Å². The lowest BCUT2D eigenvalue weighted by Crippen LogP contribution is -2.54. The van der Waals surface area contributed by atoms with Gasteiger partial charge >= 0.3 is 0 Å². The normalized spacial score (nSPS) is 20.7. The second kappa shape index (κ2) is 13.1. The van der Waals surface area contributed by atoms with Gasteiger partial charge in [0, 0.05) is 38.4 Å². The van der Waals surface area contributed by atoms with E-state index < -0.39 is 0 Å². The summed E-state index contributed by atoms with van der Waals surface area (Å²) in [5.74, 6) is 1.95. The van der Waals surface area contributed by atoms with Crippen molar-refractivity contribution in [3.05, 3.63) is 83.7 Å². The van der Waals surface area contributed by atoms with Crippen molar-refractivity contribution in [3.8, 4) is 11.5 Å². The Morgan fingerprint density at radius 3 is 2.66 bits per heavy atom. The number of ether oxygens (including phenoxy) is 4. The molecule has 2 saturated heterocycles. The molecule has 6 rings (SSSR count). The molecule has 41 heavy (non-hydrogen) atoms. The minimum atomic E-state index is -0.210. The van der Waals surface area contributed by atoms with Crippen LogP contribution in [0, 0.1) is 5.82 Å². The summed E-state index contributed by atoms with van der Waals surface area (Å²) < 4.78 is 37.1. The fourth-order valence-electron chi connectivity index (χ4n) is 5.99. The van der Waals surface area contributed by atoms with Gasteiger partial charge in [0.25, 0.3) is 0 Å². The average molecular weight is 562 g/mol. The molecule has 0 aromatic heterocycles. The Hall–Kier alpha value is -3.33. The summed E-state index contributed by atoms with van der Waals surface area (Å²) >= 11 is 0. The third-order valence-corrected chi connectivity index (χ3v) is 8.30. The van der Waals surface area contributed by atoms with Crippen molar-refractivity contribution in [1.82, 2.24) is 5.32 Å². The lowest BCUT2D eigenvalue weighted by molar-refractivity contribution is 0.0106. The molecule has 3 aliphatic rings. The summed E-state index contributed by atoms with van der Waals surface area (Å²) in [6.07, 6.45) is 2.26. The number of nitrogens with zero attached hydrogens (tertiary/aromatic N) is 2. The van der Waals surface area contributed by atoms with Crippen LogP contribution >= 0.6 is 0 Å². The number of halogens is 1. The number of hydrogen-bond donors (Lipinski definition) is 1. The van der Waals surface area contributed by atoms with Gasteiger partial charge in [-0.05, 0) is 79.0 Å². The van der Waals surface area contributed by atoms with Gasteiger partial charge in [0.15, 0.2) is 0 Å². The molecule has 3 heterocycles. The molecule has 8 heteroatoms. The monoisotopic (exact) mass is 561 g/mol. The quantitative estimate of drug-likeness (QED) is 0.331. The van der Waals surface area contributed by atoms with Crippen molar-refractivity contribution in [2.75, 3.05) is 69.4 Å². The predicted molar refractivity (Wildman–Crippen MR) is 159 cm³/mol. The number of methoxy groups -OCH3 is 1. The molecule has 7 nitrogen and oxygen atoms in total. The molecule has 0 radical (unpaired) electrons. The predicted octanol–water partition coefficient (Wildman–Crippen LogP) is 4.99. The molecule has 0 unspecified atom stereocenters. The topological polar surface area (TPSA) is 55.4 Å². The van der Waals surface area contributed by atoms with Crippen LogP contribution in [0.1, 0.15) is 29.9 Å². The van der Waals surface area contributed by atoms with Crippen LogP contribution in [-0.2, 0) is 16.1 Å². The largest absolute Gasteiger partial charge is 0.490 e. The van der Waals surface area contributed by atoms with E-state index in [-0.39, 0.29) is 18.0 Å². The lowest BCUT2D eigenvalue weighted by atomic mass is 9.87. The van der Waals surface area contributed by atoms with Gasteiger partial charge in [-0.3, -0.25) is 0 Å². The van der Waals surface area contributed by atoms with Crippen LogP contribution in [0.2, 0.25) is 0 Å². The van der Waals surface area contributed by atoms with E-state index in [1.54, 1.807) is 7.11 Å². The van der Waals surface area contributed by atoms with Gasteiger partial charge in [0.05, 0.1) is 38.0 Å². The number of anilines is 2. The molecule has 0 bridgehead atoms. The molecule has 3 aromatic rings. The van der Waals surface area contributed by atoms with Crippen LogP contribution in [0.15, 0.2) is 66.7 Å². The second-order valence-corrected chi connectivity index (χ2v) is 11.1.